The molecule has 5 heteroatoms. The van der Waals surface area contributed by atoms with Crippen LogP contribution >= 0.6 is 11.8 Å². The van der Waals surface area contributed by atoms with Gasteiger partial charge in [-0.1, -0.05) is 18.2 Å². The summed E-state index contributed by atoms with van der Waals surface area (Å²) in [6, 6.07) is 10.1. The second kappa shape index (κ2) is 4.95. The summed E-state index contributed by atoms with van der Waals surface area (Å²) in [5.41, 5.74) is 0. The van der Waals surface area contributed by atoms with Gasteiger partial charge in [0.25, 0.3) is 0 Å². The van der Waals surface area contributed by atoms with Gasteiger partial charge in [0.15, 0.2) is 5.82 Å². The van der Waals surface area contributed by atoms with E-state index in [1.165, 1.54) is 4.90 Å². The van der Waals surface area contributed by atoms with Gasteiger partial charge >= 0.3 is 0 Å². The topological polar surface area (TPSA) is 61.8 Å². The van der Waals surface area contributed by atoms with Crippen LogP contribution in [-0.2, 0) is 12.4 Å². The van der Waals surface area contributed by atoms with Crippen molar-refractivity contribution in [3.05, 3.63) is 42.0 Å². The van der Waals surface area contributed by atoms with E-state index < -0.39 is 0 Å². The standard InChI is InChI=1S/C10H11N3OS/c14-6-9-11-10(13-12-9)7-15-8-4-2-1-3-5-8/h1-5,14H,6-7H2,(H,11,12,13). The Bertz CT molecular complexity index is 416. The van der Waals surface area contributed by atoms with Gasteiger partial charge in [-0.2, -0.15) is 5.10 Å². The van der Waals surface area contributed by atoms with Crippen LogP contribution < -0.4 is 0 Å². The molecule has 0 aliphatic rings. The Morgan fingerprint density at radius 1 is 1.27 bits per heavy atom. The van der Waals surface area contributed by atoms with Gasteiger partial charge in [0.05, 0.1) is 5.75 Å². The molecule has 0 bridgehead atoms. The number of hydrogen-bond acceptors (Lipinski definition) is 4. The van der Waals surface area contributed by atoms with Gasteiger partial charge in [-0.25, -0.2) is 4.98 Å². The molecule has 4 nitrogen and oxygen atoms in total. The lowest BCUT2D eigenvalue weighted by atomic mass is 10.4. The normalized spacial score (nSPS) is 10.5. The van der Waals surface area contributed by atoms with E-state index in [4.69, 9.17) is 5.11 Å². The van der Waals surface area contributed by atoms with Crippen molar-refractivity contribution in [2.75, 3.05) is 0 Å². The average molecular weight is 221 g/mol. The second-order valence-electron chi connectivity index (χ2n) is 2.96. The van der Waals surface area contributed by atoms with Crippen LogP contribution in [0.3, 0.4) is 0 Å². The third-order valence-electron chi connectivity index (χ3n) is 1.84. The Kier molecular flexibility index (Phi) is 3.37. The highest BCUT2D eigenvalue weighted by Crippen LogP contribution is 2.20. The lowest BCUT2D eigenvalue weighted by Crippen LogP contribution is -1.86. The maximum absolute atomic E-state index is 8.78. The molecule has 15 heavy (non-hydrogen) atoms. The molecule has 1 heterocycles. The van der Waals surface area contributed by atoms with Crippen molar-refractivity contribution in [1.82, 2.24) is 15.2 Å². The molecule has 78 valence electrons. The SMILES string of the molecule is OCc1n[nH]c(CSc2ccccc2)n1. The molecule has 0 fully saturated rings. The van der Waals surface area contributed by atoms with Gasteiger partial charge in [0.1, 0.15) is 12.4 Å². The third kappa shape index (κ3) is 2.81. The summed E-state index contributed by atoms with van der Waals surface area (Å²) < 4.78 is 0. The molecule has 0 amide bonds. The van der Waals surface area contributed by atoms with Crippen LogP contribution in [0.1, 0.15) is 11.6 Å². The van der Waals surface area contributed by atoms with Crippen molar-refractivity contribution in [2.24, 2.45) is 0 Å². The Labute approximate surface area is 91.8 Å². The van der Waals surface area contributed by atoms with Crippen molar-refractivity contribution in [2.45, 2.75) is 17.3 Å². The molecule has 0 aliphatic heterocycles. The highest BCUT2D eigenvalue weighted by atomic mass is 32.2. The smallest absolute Gasteiger partial charge is 0.176 e. The first-order valence-electron chi connectivity index (χ1n) is 4.57. The van der Waals surface area contributed by atoms with Crippen molar-refractivity contribution >= 4 is 11.8 Å². The number of aromatic amines is 1. The number of nitrogens with zero attached hydrogens (tertiary/aromatic N) is 2. The number of aromatic nitrogens is 3. The predicted octanol–water partition coefficient (Wildman–Crippen LogP) is 1.59. The van der Waals surface area contributed by atoms with E-state index in [1.807, 2.05) is 30.3 Å². The largest absolute Gasteiger partial charge is 0.388 e. The molecular formula is C10H11N3OS. The average Bonchev–Trinajstić information content (AvgIpc) is 2.76. The Balaban J connectivity index is 1.93. The number of H-pyrrole nitrogens is 1. The molecular weight excluding hydrogens is 210 g/mol. The Hall–Kier alpha value is -1.33. The molecule has 2 rings (SSSR count). The van der Waals surface area contributed by atoms with E-state index in [-0.39, 0.29) is 6.61 Å². The fourth-order valence-corrected chi connectivity index (χ4v) is 1.92. The van der Waals surface area contributed by atoms with E-state index in [1.54, 1.807) is 11.8 Å². The summed E-state index contributed by atoms with van der Waals surface area (Å²) >= 11 is 1.68. The minimum Gasteiger partial charge on any atom is -0.388 e. The summed E-state index contributed by atoms with van der Waals surface area (Å²) in [6.07, 6.45) is 0. The molecule has 2 N–H and O–H groups in total. The molecule has 0 atom stereocenters. The fraction of sp³-hybridized carbons (Fsp3) is 0.200. The molecule has 0 saturated heterocycles. The van der Waals surface area contributed by atoms with Gasteiger partial charge in [-0.3, -0.25) is 5.10 Å². The number of hydrogen-bond donors (Lipinski definition) is 2. The molecule has 0 saturated carbocycles. The summed E-state index contributed by atoms with van der Waals surface area (Å²) in [5.74, 6) is 1.96. The number of thioether (sulfide) groups is 1. The second-order valence-corrected chi connectivity index (χ2v) is 4.01. The van der Waals surface area contributed by atoms with Crippen molar-refractivity contribution in [3.63, 3.8) is 0 Å². The van der Waals surface area contributed by atoms with Gasteiger partial charge in [-0.15, -0.1) is 11.8 Å². The van der Waals surface area contributed by atoms with Crippen LogP contribution in [0.15, 0.2) is 35.2 Å². The molecule has 0 unspecified atom stereocenters. The van der Waals surface area contributed by atoms with E-state index in [9.17, 15) is 0 Å². The molecule has 2 aromatic rings. The zero-order valence-corrected chi connectivity index (χ0v) is 8.87. The van der Waals surface area contributed by atoms with E-state index >= 15 is 0 Å². The first-order valence-corrected chi connectivity index (χ1v) is 5.56. The maximum Gasteiger partial charge on any atom is 0.176 e. The number of aliphatic hydroxyl groups excluding tert-OH is 1. The summed E-state index contributed by atoms with van der Waals surface area (Å²) in [4.78, 5) is 5.30. The van der Waals surface area contributed by atoms with E-state index in [2.05, 4.69) is 15.2 Å². The highest BCUT2D eigenvalue weighted by Gasteiger charge is 2.02. The van der Waals surface area contributed by atoms with E-state index in [0.29, 0.717) is 5.82 Å². The Morgan fingerprint density at radius 2 is 2.07 bits per heavy atom. The minimum absolute atomic E-state index is 0.119. The van der Waals surface area contributed by atoms with Crippen molar-refractivity contribution in [3.8, 4) is 0 Å². The highest BCUT2D eigenvalue weighted by molar-refractivity contribution is 7.98. The van der Waals surface area contributed by atoms with Gasteiger partial charge in [0, 0.05) is 4.90 Å². The summed E-state index contributed by atoms with van der Waals surface area (Å²) in [6.45, 7) is -0.119. The summed E-state index contributed by atoms with van der Waals surface area (Å²) in [5, 5.41) is 15.4. The molecule has 1 aromatic heterocycles. The predicted molar refractivity (Wildman–Crippen MR) is 58.3 cm³/mol. The first kappa shape index (κ1) is 10.2. The van der Waals surface area contributed by atoms with Crippen molar-refractivity contribution < 1.29 is 5.11 Å². The number of nitrogens with one attached hydrogen (secondary N) is 1. The zero-order chi connectivity index (χ0) is 10.5. The third-order valence-corrected chi connectivity index (χ3v) is 2.86. The number of rotatable bonds is 4. The maximum atomic E-state index is 8.78. The monoisotopic (exact) mass is 221 g/mol. The van der Waals surface area contributed by atoms with Gasteiger partial charge in [0.2, 0.25) is 0 Å². The lowest BCUT2D eigenvalue weighted by molar-refractivity contribution is 0.272. The Morgan fingerprint density at radius 3 is 2.73 bits per heavy atom. The quantitative estimate of drug-likeness (QED) is 0.770. The number of benzene rings is 1. The van der Waals surface area contributed by atoms with Crippen LogP contribution in [0, 0.1) is 0 Å². The van der Waals surface area contributed by atoms with Crippen LogP contribution in [0.4, 0.5) is 0 Å². The molecule has 0 spiro atoms. The van der Waals surface area contributed by atoms with Crippen LogP contribution in [0.5, 0.6) is 0 Å². The van der Waals surface area contributed by atoms with Crippen LogP contribution in [0.25, 0.3) is 0 Å². The summed E-state index contributed by atoms with van der Waals surface area (Å²) in [7, 11) is 0. The van der Waals surface area contributed by atoms with Crippen LogP contribution in [0.2, 0.25) is 0 Å². The van der Waals surface area contributed by atoms with Crippen molar-refractivity contribution in [1.29, 1.82) is 0 Å². The number of aliphatic hydroxyl groups is 1. The van der Waals surface area contributed by atoms with Gasteiger partial charge in [-0.05, 0) is 12.1 Å². The molecule has 0 radical (unpaired) electrons. The zero-order valence-electron chi connectivity index (χ0n) is 8.05. The molecule has 0 aliphatic carbocycles. The minimum atomic E-state index is -0.119. The molecule has 1 aromatic carbocycles. The van der Waals surface area contributed by atoms with Gasteiger partial charge < -0.3 is 5.11 Å². The fourth-order valence-electron chi connectivity index (χ4n) is 1.14. The lowest BCUT2D eigenvalue weighted by Gasteiger charge is -1.97. The first-order chi connectivity index (χ1) is 7.38. The van der Waals surface area contributed by atoms with Crippen LogP contribution in [-0.4, -0.2) is 20.3 Å². The van der Waals surface area contributed by atoms with E-state index in [0.717, 1.165) is 11.6 Å².